The van der Waals surface area contributed by atoms with Crippen LogP contribution in [0.1, 0.15) is 32.6 Å². The summed E-state index contributed by atoms with van der Waals surface area (Å²) in [5.41, 5.74) is 0.465. The van der Waals surface area contributed by atoms with Crippen LogP contribution >= 0.6 is 11.6 Å². The molecular weight excluding hydrogens is 449 g/mol. The lowest BCUT2D eigenvalue weighted by Crippen LogP contribution is -2.42. The number of carbonyl (C=O) groups excluding carboxylic acids is 1. The fourth-order valence-corrected chi connectivity index (χ4v) is 4.46. The van der Waals surface area contributed by atoms with E-state index in [1.165, 1.54) is 12.4 Å². The van der Waals surface area contributed by atoms with E-state index in [9.17, 15) is 9.18 Å². The second kappa shape index (κ2) is 8.03. The van der Waals surface area contributed by atoms with Crippen molar-refractivity contribution in [3.8, 4) is 5.88 Å². The zero-order valence-electron chi connectivity index (χ0n) is 18.1. The highest BCUT2D eigenvalue weighted by Gasteiger charge is 2.58. The number of halogens is 2. The van der Waals surface area contributed by atoms with Crippen molar-refractivity contribution in [2.45, 2.75) is 38.2 Å². The summed E-state index contributed by atoms with van der Waals surface area (Å²) in [6, 6.07) is 4.66. The van der Waals surface area contributed by atoms with Gasteiger partial charge in [0.25, 0.3) is 5.88 Å². The number of anilines is 2. The van der Waals surface area contributed by atoms with E-state index in [-0.39, 0.29) is 33.8 Å². The predicted molar refractivity (Wildman–Crippen MR) is 119 cm³/mol. The predicted octanol–water partition coefficient (Wildman–Crippen LogP) is 5.34. The Labute approximate surface area is 195 Å². The molecule has 0 bridgehead atoms. The van der Waals surface area contributed by atoms with Crippen LogP contribution in [0, 0.1) is 23.7 Å². The molecule has 8 nitrogen and oxygen atoms in total. The van der Waals surface area contributed by atoms with Crippen molar-refractivity contribution in [2.24, 2.45) is 11.3 Å². The van der Waals surface area contributed by atoms with Crippen molar-refractivity contribution in [3.63, 3.8) is 0 Å². The number of nitrogens with zero attached hydrogens (tertiary/aromatic N) is 4. The second-order valence-electron chi connectivity index (χ2n) is 9.31. The number of nitrogens with one attached hydrogen (secondary N) is 1. The zero-order chi connectivity index (χ0) is 23.2. The molecule has 2 aliphatic carbocycles. The van der Waals surface area contributed by atoms with Gasteiger partial charge in [-0.25, -0.2) is 14.6 Å². The summed E-state index contributed by atoms with van der Waals surface area (Å²) in [7, 11) is 0. The standard InChI is InChI=1S/C23H23ClFN5O3/c1-22(5-6-22)33-21(31)30-8-7-23(10-14(23)11-30)12-32-20-18(25)19(27-13-28-20)29-17-4-3-15(26-2)9-16(17)24/h3-4,9,13-14H,5-8,10-12H2,1H3,(H,27,28,29). The van der Waals surface area contributed by atoms with Crippen molar-refractivity contribution in [3.05, 3.63) is 46.8 Å². The molecule has 3 fully saturated rings. The number of aromatic nitrogens is 2. The Balaban J connectivity index is 1.19. The Bertz CT molecular complexity index is 1150. The van der Waals surface area contributed by atoms with Crippen LogP contribution in [-0.4, -0.2) is 46.3 Å². The van der Waals surface area contributed by atoms with Crippen molar-refractivity contribution in [1.82, 2.24) is 14.9 Å². The van der Waals surface area contributed by atoms with E-state index in [0.717, 1.165) is 25.7 Å². The van der Waals surface area contributed by atoms with Crippen LogP contribution in [0.15, 0.2) is 24.5 Å². The lowest BCUT2D eigenvalue weighted by molar-refractivity contribution is 0.0438. The number of rotatable bonds is 6. The first-order chi connectivity index (χ1) is 15.8. The monoisotopic (exact) mass is 471 g/mol. The van der Waals surface area contributed by atoms with Gasteiger partial charge in [-0.1, -0.05) is 17.7 Å². The van der Waals surface area contributed by atoms with Gasteiger partial charge < -0.3 is 19.7 Å². The number of piperidine rings is 1. The van der Waals surface area contributed by atoms with E-state index in [0.29, 0.717) is 37.0 Å². The maximum Gasteiger partial charge on any atom is 0.410 e. The van der Waals surface area contributed by atoms with Crippen LogP contribution in [0.3, 0.4) is 0 Å². The average Bonchev–Trinajstić information content (AvgIpc) is 3.71. The number of carbonyl (C=O) groups is 1. The molecule has 2 saturated carbocycles. The van der Waals surface area contributed by atoms with Crippen LogP contribution in [0.4, 0.5) is 26.4 Å². The third kappa shape index (κ3) is 4.40. The van der Waals surface area contributed by atoms with Gasteiger partial charge in [0.05, 0.1) is 23.9 Å². The summed E-state index contributed by atoms with van der Waals surface area (Å²) in [6.07, 6.45) is 4.54. The molecule has 0 radical (unpaired) electrons. The molecule has 2 atom stereocenters. The van der Waals surface area contributed by atoms with E-state index < -0.39 is 5.82 Å². The Morgan fingerprint density at radius 3 is 2.91 bits per heavy atom. The highest BCUT2D eigenvalue weighted by molar-refractivity contribution is 6.33. The highest BCUT2D eigenvalue weighted by atomic mass is 35.5. The van der Waals surface area contributed by atoms with Crippen molar-refractivity contribution < 1.29 is 18.7 Å². The number of hydrogen-bond donors (Lipinski definition) is 1. The van der Waals surface area contributed by atoms with Gasteiger partial charge in [-0.3, -0.25) is 0 Å². The zero-order valence-corrected chi connectivity index (χ0v) is 18.9. The van der Waals surface area contributed by atoms with Gasteiger partial charge in [-0.05, 0) is 50.7 Å². The van der Waals surface area contributed by atoms with Gasteiger partial charge in [0.1, 0.15) is 11.9 Å². The summed E-state index contributed by atoms with van der Waals surface area (Å²) in [4.78, 5) is 25.4. The molecule has 0 spiro atoms. The number of amides is 1. The quantitative estimate of drug-likeness (QED) is 0.572. The largest absolute Gasteiger partial charge is 0.475 e. The Hall–Kier alpha value is -3.12. The fraction of sp³-hybridized carbons (Fsp3) is 0.478. The maximum atomic E-state index is 15.0. The highest BCUT2D eigenvalue weighted by Crippen LogP contribution is 2.58. The smallest absolute Gasteiger partial charge is 0.410 e. The molecule has 1 aromatic carbocycles. The Morgan fingerprint density at radius 1 is 1.39 bits per heavy atom. The van der Waals surface area contributed by atoms with Crippen LogP contribution in [0.2, 0.25) is 5.02 Å². The first kappa shape index (κ1) is 21.7. The summed E-state index contributed by atoms with van der Waals surface area (Å²) in [5, 5.41) is 3.12. The second-order valence-corrected chi connectivity index (χ2v) is 9.72. The first-order valence-electron chi connectivity index (χ1n) is 10.9. The SMILES string of the molecule is [C-]#[N+]c1ccc(Nc2ncnc(OCC34CCN(C(=O)OC5(C)CC5)CC3C4)c2F)c(Cl)c1. The van der Waals surface area contributed by atoms with E-state index in [2.05, 4.69) is 20.1 Å². The summed E-state index contributed by atoms with van der Waals surface area (Å²) in [5.74, 6) is -0.596. The molecule has 33 heavy (non-hydrogen) atoms. The van der Waals surface area contributed by atoms with Gasteiger partial charge >= 0.3 is 6.09 Å². The van der Waals surface area contributed by atoms with Gasteiger partial charge in [0, 0.05) is 18.5 Å². The number of benzene rings is 1. The van der Waals surface area contributed by atoms with Gasteiger partial charge in [-0.15, -0.1) is 0 Å². The Morgan fingerprint density at radius 2 is 2.21 bits per heavy atom. The van der Waals surface area contributed by atoms with Gasteiger partial charge in [-0.2, -0.15) is 9.37 Å². The third-order valence-corrected chi connectivity index (χ3v) is 7.13. The molecular formula is C23H23ClFN5O3. The Kier molecular flexibility index (Phi) is 5.28. The minimum Gasteiger partial charge on any atom is -0.475 e. The third-order valence-electron chi connectivity index (χ3n) is 6.81. The van der Waals surface area contributed by atoms with Crippen molar-refractivity contribution >= 4 is 34.9 Å². The van der Waals surface area contributed by atoms with Crippen LogP contribution in [-0.2, 0) is 4.74 Å². The first-order valence-corrected chi connectivity index (χ1v) is 11.2. The normalized spacial score (nSPS) is 24.3. The molecule has 10 heteroatoms. The molecule has 1 amide bonds. The molecule has 3 aliphatic rings. The van der Waals surface area contributed by atoms with E-state index in [1.54, 1.807) is 17.0 Å². The number of hydrogen-bond acceptors (Lipinski definition) is 6. The molecule has 1 aliphatic heterocycles. The summed E-state index contributed by atoms with van der Waals surface area (Å²) < 4.78 is 26.3. The topological polar surface area (TPSA) is 80.9 Å². The summed E-state index contributed by atoms with van der Waals surface area (Å²) >= 11 is 6.17. The van der Waals surface area contributed by atoms with E-state index >= 15 is 0 Å². The number of likely N-dealkylation sites (tertiary alicyclic amines) is 1. The lowest BCUT2D eigenvalue weighted by Gasteiger charge is -2.31. The van der Waals surface area contributed by atoms with Crippen molar-refractivity contribution in [2.75, 3.05) is 25.0 Å². The van der Waals surface area contributed by atoms with Crippen molar-refractivity contribution in [1.29, 1.82) is 0 Å². The average molecular weight is 472 g/mol. The minimum absolute atomic E-state index is 0.0616. The van der Waals surface area contributed by atoms with E-state index in [1.807, 2.05) is 6.92 Å². The molecule has 2 heterocycles. The molecule has 1 saturated heterocycles. The molecule has 1 N–H and O–H groups in total. The molecule has 2 unspecified atom stereocenters. The lowest BCUT2D eigenvalue weighted by atomic mass is 9.96. The molecule has 1 aromatic heterocycles. The van der Waals surface area contributed by atoms with Crippen LogP contribution < -0.4 is 10.1 Å². The molecule has 172 valence electrons. The molecule has 5 rings (SSSR count). The fourth-order valence-electron chi connectivity index (χ4n) is 4.24. The van der Waals surface area contributed by atoms with Crippen LogP contribution in [0.25, 0.3) is 4.85 Å². The number of ether oxygens (including phenoxy) is 2. The van der Waals surface area contributed by atoms with Gasteiger partial charge in [0.2, 0.25) is 5.82 Å². The minimum atomic E-state index is -0.713. The maximum absolute atomic E-state index is 15.0. The van der Waals surface area contributed by atoms with Gasteiger partial charge in [0.15, 0.2) is 11.5 Å². The molecule has 2 aromatic rings. The van der Waals surface area contributed by atoms with E-state index in [4.69, 9.17) is 27.6 Å². The number of fused-ring (bicyclic) bond motifs is 1. The van der Waals surface area contributed by atoms with Crippen LogP contribution in [0.5, 0.6) is 5.88 Å². The summed E-state index contributed by atoms with van der Waals surface area (Å²) in [6.45, 7) is 10.6.